The number of rotatable bonds is 7. The molecule has 1 aliphatic rings. The Bertz CT molecular complexity index is 1370. The summed E-state index contributed by atoms with van der Waals surface area (Å²) in [5, 5.41) is 5.93. The van der Waals surface area contributed by atoms with Gasteiger partial charge in [0, 0.05) is 24.1 Å². The van der Waals surface area contributed by atoms with Crippen LogP contribution in [0.4, 0.5) is 0 Å². The van der Waals surface area contributed by atoms with Gasteiger partial charge >= 0.3 is 0 Å². The predicted octanol–water partition coefficient (Wildman–Crippen LogP) is 4.72. The molecule has 0 bridgehead atoms. The molecule has 1 fully saturated rings. The monoisotopic (exact) mass is 468 g/mol. The van der Waals surface area contributed by atoms with Crippen molar-refractivity contribution in [3.05, 3.63) is 95.1 Å². The van der Waals surface area contributed by atoms with Crippen LogP contribution in [0.25, 0.3) is 10.8 Å². The van der Waals surface area contributed by atoms with E-state index >= 15 is 0 Å². The molecule has 2 heterocycles. The smallest absolute Gasteiger partial charge is 0.254 e. The second kappa shape index (κ2) is 9.70. The number of nitrogens with two attached hydrogens (primary N) is 1. The van der Waals surface area contributed by atoms with E-state index in [2.05, 4.69) is 29.2 Å². The van der Waals surface area contributed by atoms with E-state index in [1.54, 1.807) is 18.2 Å². The Kier molecular flexibility index (Phi) is 6.31. The Balaban J connectivity index is 1.30. The normalized spacial score (nSPS) is 17.7. The Morgan fingerprint density at radius 1 is 1.00 bits per heavy atom. The summed E-state index contributed by atoms with van der Waals surface area (Å²) in [6, 6.07) is 20.8. The Labute approximate surface area is 203 Å². The van der Waals surface area contributed by atoms with Crippen LogP contribution in [-0.2, 0) is 12.8 Å². The maximum atomic E-state index is 13.5. The number of carbonyl (C=O) groups excluding carboxylic acids is 2. The van der Waals surface area contributed by atoms with E-state index < -0.39 is 5.91 Å². The first kappa shape index (κ1) is 22.8. The number of fused-ring (bicyclic) bond motifs is 1. The highest BCUT2D eigenvalue weighted by atomic mass is 16.5. The minimum absolute atomic E-state index is 0.0657. The summed E-state index contributed by atoms with van der Waals surface area (Å²) in [6.45, 7) is 2.76. The maximum Gasteiger partial charge on any atom is 0.254 e. The lowest BCUT2D eigenvalue weighted by Gasteiger charge is -2.22. The highest BCUT2D eigenvalue weighted by Crippen LogP contribution is 2.36. The van der Waals surface area contributed by atoms with E-state index in [9.17, 15) is 9.59 Å². The molecule has 3 aromatic carbocycles. The minimum Gasteiger partial charge on any atom is -0.366 e. The zero-order valence-corrected chi connectivity index (χ0v) is 19.7. The molecule has 0 saturated carbocycles. The first-order valence-corrected chi connectivity index (χ1v) is 12.0. The second-order valence-corrected chi connectivity index (χ2v) is 9.34. The molecule has 1 aliphatic heterocycles. The molecule has 5 rings (SSSR count). The fourth-order valence-electron chi connectivity index (χ4n) is 4.80. The lowest BCUT2D eigenvalue weighted by molar-refractivity contribution is 0.0707. The third-order valence-corrected chi connectivity index (χ3v) is 6.62. The second-order valence-electron chi connectivity index (χ2n) is 9.34. The number of amides is 2. The summed E-state index contributed by atoms with van der Waals surface area (Å²) in [5.74, 6) is 0.975. The highest BCUT2D eigenvalue weighted by Gasteiger charge is 2.38. The van der Waals surface area contributed by atoms with Gasteiger partial charge in [-0.1, -0.05) is 54.5 Å². The van der Waals surface area contributed by atoms with Crippen molar-refractivity contribution < 1.29 is 14.1 Å². The molecule has 7 heteroatoms. The molecule has 1 saturated heterocycles. The number of hydrogen-bond acceptors (Lipinski definition) is 5. The first-order chi connectivity index (χ1) is 17.0. The number of aryl methyl sites for hydroxylation is 2. The molecule has 7 nitrogen and oxygen atoms in total. The Morgan fingerprint density at radius 2 is 1.71 bits per heavy atom. The van der Waals surface area contributed by atoms with E-state index in [1.165, 1.54) is 5.56 Å². The quantitative estimate of drug-likeness (QED) is 0.423. The van der Waals surface area contributed by atoms with Gasteiger partial charge in [-0.15, -0.1) is 0 Å². The van der Waals surface area contributed by atoms with Gasteiger partial charge < -0.3 is 15.2 Å². The third kappa shape index (κ3) is 4.94. The molecule has 0 unspecified atom stereocenters. The highest BCUT2D eigenvalue weighted by molar-refractivity contribution is 6.01. The molecule has 35 heavy (non-hydrogen) atoms. The molecule has 0 aliphatic carbocycles. The number of aromatic nitrogens is 2. The summed E-state index contributed by atoms with van der Waals surface area (Å²) in [7, 11) is 0. The fourth-order valence-corrected chi connectivity index (χ4v) is 4.80. The molecule has 1 aromatic heterocycles. The van der Waals surface area contributed by atoms with Crippen molar-refractivity contribution in [2.24, 2.45) is 11.7 Å². The van der Waals surface area contributed by atoms with Gasteiger partial charge in [0.2, 0.25) is 11.8 Å². The summed E-state index contributed by atoms with van der Waals surface area (Å²) in [5.41, 5.74) is 7.71. The number of likely N-dealkylation sites (tertiary alicyclic amines) is 1. The van der Waals surface area contributed by atoms with Gasteiger partial charge in [0.15, 0.2) is 5.82 Å². The molecule has 0 radical (unpaired) electrons. The molecule has 4 aromatic rings. The number of nitrogens with zero attached hydrogens (tertiary/aromatic N) is 3. The predicted molar refractivity (Wildman–Crippen MR) is 133 cm³/mol. The topological polar surface area (TPSA) is 102 Å². The Hall–Kier alpha value is -4.00. The van der Waals surface area contributed by atoms with E-state index in [0.717, 1.165) is 36.5 Å². The van der Waals surface area contributed by atoms with Crippen molar-refractivity contribution >= 4 is 22.6 Å². The fraction of sp³-hybridized carbons (Fsp3) is 0.286. The van der Waals surface area contributed by atoms with Gasteiger partial charge in [-0.3, -0.25) is 9.59 Å². The van der Waals surface area contributed by atoms with Crippen molar-refractivity contribution in [3.8, 4) is 0 Å². The van der Waals surface area contributed by atoms with E-state index in [0.29, 0.717) is 35.3 Å². The zero-order chi connectivity index (χ0) is 24.4. The van der Waals surface area contributed by atoms with Crippen LogP contribution < -0.4 is 5.73 Å². The molecule has 2 N–H and O–H groups in total. The molecular weight excluding hydrogens is 440 g/mol. The van der Waals surface area contributed by atoms with Gasteiger partial charge in [0.05, 0.1) is 0 Å². The van der Waals surface area contributed by atoms with Gasteiger partial charge in [-0.25, -0.2) is 0 Å². The summed E-state index contributed by atoms with van der Waals surface area (Å²) >= 11 is 0. The minimum atomic E-state index is -0.472. The van der Waals surface area contributed by atoms with Crippen molar-refractivity contribution in [1.29, 1.82) is 0 Å². The number of benzene rings is 3. The van der Waals surface area contributed by atoms with Gasteiger partial charge in [-0.05, 0) is 65.8 Å². The summed E-state index contributed by atoms with van der Waals surface area (Å²) < 4.78 is 5.62. The summed E-state index contributed by atoms with van der Waals surface area (Å²) in [4.78, 5) is 31.4. The van der Waals surface area contributed by atoms with Gasteiger partial charge in [0.1, 0.15) is 6.04 Å². The average molecular weight is 469 g/mol. The van der Waals surface area contributed by atoms with Crippen LogP contribution in [0.15, 0.2) is 71.3 Å². The van der Waals surface area contributed by atoms with Crippen LogP contribution in [0.3, 0.4) is 0 Å². The zero-order valence-electron chi connectivity index (χ0n) is 19.7. The van der Waals surface area contributed by atoms with Crippen LogP contribution >= 0.6 is 0 Å². The number of primary amides is 1. The van der Waals surface area contributed by atoms with E-state index in [4.69, 9.17) is 10.3 Å². The van der Waals surface area contributed by atoms with Crippen LogP contribution in [0.2, 0.25) is 0 Å². The van der Waals surface area contributed by atoms with Crippen LogP contribution in [0, 0.1) is 5.92 Å². The SMILES string of the molecule is C[C@@H]1C[C@@H](c2nc(CCCc3ccccc3)no2)N(C(=O)c2ccc3cc(C(N)=O)ccc3c2)C1. The van der Waals surface area contributed by atoms with Crippen molar-refractivity contribution in [1.82, 2.24) is 15.0 Å². The van der Waals surface area contributed by atoms with Crippen molar-refractivity contribution in [3.63, 3.8) is 0 Å². The molecule has 178 valence electrons. The van der Waals surface area contributed by atoms with Gasteiger partial charge in [-0.2, -0.15) is 4.98 Å². The van der Waals surface area contributed by atoms with Crippen molar-refractivity contribution in [2.45, 2.75) is 38.6 Å². The van der Waals surface area contributed by atoms with Crippen LogP contribution in [0.5, 0.6) is 0 Å². The first-order valence-electron chi connectivity index (χ1n) is 12.0. The molecule has 0 spiro atoms. The standard InChI is InChI=1S/C28H28N4O3/c1-18-14-24(27-30-25(31-35-27)9-5-8-19-6-3-2-4-7-19)32(17-18)28(34)23-13-11-20-15-22(26(29)33)12-10-21(20)16-23/h2-4,6-7,10-13,15-16,18,24H,5,8-9,14,17H2,1H3,(H2,29,33)/t18-,24+/m1/s1. The lowest BCUT2D eigenvalue weighted by Crippen LogP contribution is -2.31. The van der Waals surface area contributed by atoms with E-state index in [1.807, 2.05) is 41.3 Å². The largest absolute Gasteiger partial charge is 0.366 e. The summed E-state index contributed by atoms with van der Waals surface area (Å²) in [6.07, 6.45) is 3.40. The molecule has 2 atom stereocenters. The third-order valence-electron chi connectivity index (χ3n) is 6.62. The number of carbonyl (C=O) groups is 2. The maximum absolute atomic E-state index is 13.5. The molecule has 2 amide bonds. The Morgan fingerprint density at radius 3 is 2.46 bits per heavy atom. The number of hydrogen-bond donors (Lipinski definition) is 1. The van der Waals surface area contributed by atoms with Crippen LogP contribution in [0.1, 0.15) is 63.8 Å². The lowest BCUT2D eigenvalue weighted by atomic mass is 10.0. The van der Waals surface area contributed by atoms with Crippen molar-refractivity contribution in [2.75, 3.05) is 6.54 Å². The van der Waals surface area contributed by atoms with E-state index in [-0.39, 0.29) is 11.9 Å². The molecular formula is C28H28N4O3. The van der Waals surface area contributed by atoms with Crippen LogP contribution in [-0.4, -0.2) is 33.4 Å². The average Bonchev–Trinajstić information content (AvgIpc) is 3.50. The van der Waals surface area contributed by atoms with Gasteiger partial charge in [0.25, 0.3) is 5.91 Å².